The van der Waals surface area contributed by atoms with Gasteiger partial charge in [-0.1, -0.05) is 24.3 Å². The Kier molecular flexibility index (Phi) is 8.14. The molecule has 0 aliphatic carbocycles. The first-order valence-corrected chi connectivity index (χ1v) is 12.8. The molecule has 0 N–H and O–H groups in total. The summed E-state index contributed by atoms with van der Waals surface area (Å²) in [6.45, 7) is 3.95. The van der Waals surface area contributed by atoms with Gasteiger partial charge >= 0.3 is 0 Å². The van der Waals surface area contributed by atoms with E-state index in [-0.39, 0.29) is 10.9 Å². The number of nitrogens with zero attached hydrogens (tertiary/aromatic N) is 2. The average molecular weight is 517 g/mol. The quantitative estimate of drug-likeness (QED) is 0.185. The van der Waals surface area contributed by atoms with Gasteiger partial charge in [-0.3, -0.25) is 9.59 Å². The molecule has 3 aromatic carbocycles. The molecule has 0 aliphatic rings. The third-order valence-corrected chi connectivity index (χ3v) is 6.85. The Morgan fingerprint density at radius 2 is 0.947 bits per heavy atom. The van der Waals surface area contributed by atoms with Gasteiger partial charge in [0.1, 0.15) is 0 Å². The molecule has 0 spiro atoms. The maximum Gasteiger partial charge on any atom is 0.197 e. The van der Waals surface area contributed by atoms with Crippen molar-refractivity contribution < 1.29 is 18.9 Å². The standard InChI is InChI=1S/C30H32N2O6/c1-35-15-17-37-13-11-31-25-9-5-3-7-21(25)29(33)23-20-28-24(19-27(23)31)30(34)22-8-4-6-10-26(22)32(28)12-14-38-18-16-36-2/h3-10,19-20H,11-18H2,1-2H3. The highest BCUT2D eigenvalue weighted by molar-refractivity contribution is 6.03. The Balaban J connectivity index is 1.73. The number of hydrogen-bond donors (Lipinski definition) is 0. The zero-order valence-corrected chi connectivity index (χ0v) is 21.8. The van der Waals surface area contributed by atoms with E-state index in [0.29, 0.717) is 85.3 Å². The first-order valence-electron chi connectivity index (χ1n) is 12.8. The van der Waals surface area contributed by atoms with Crippen LogP contribution in [0.3, 0.4) is 0 Å². The molecule has 8 heteroatoms. The minimum Gasteiger partial charge on any atom is -0.382 e. The van der Waals surface area contributed by atoms with Gasteiger partial charge in [0.2, 0.25) is 0 Å². The summed E-state index contributed by atoms with van der Waals surface area (Å²) >= 11 is 0. The van der Waals surface area contributed by atoms with Crippen molar-refractivity contribution in [1.29, 1.82) is 0 Å². The van der Waals surface area contributed by atoms with Gasteiger partial charge in [0, 0.05) is 48.9 Å². The predicted octanol–water partition coefficient (Wildman–Crippen LogP) is 3.95. The van der Waals surface area contributed by atoms with Crippen LogP contribution >= 0.6 is 0 Å². The van der Waals surface area contributed by atoms with E-state index in [0.717, 1.165) is 11.0 Å². The van der Waals surface area contributed by atoms with Gasteiger partial charge in [-0.25, -0.2) is 0 Å². The highest BCUT2D eigenvalue weighted by atomic mass is 16.5. The van der Waals surface area contributed by atoms with E-state index in [2.05, 4.69) is 9.13 Å². The van der Waals surface area contributed by atoms with Crippen molar-refractivity contribution in [3.05, 3.63) is 81.1 Å². The van der Waals surface area contributed by atoms with Gasteiger partial charge in [0.25, 0.3) is 0 Å². The second-order valence-corrected chi connectivity index (χ2v) is 9.09. The molecule has 0 bridgehead atoms. The fourth-order valence-electron chi connectivity index (χ4n) is 5.02. The van der Waals surface area contributed by atoms with Crippen LogP contribution in [-0.4, -0.2) is 63.0 Å². The van der Waals surface area contributed by atoms with Gasteiger partial charge in [0.05, 0.1) is 61.7 Å². The van der Waals surface area contributed by atoms with Crippen LogP contribution in [0.5, 0.6) is 0 Å². The molecule has 5 aromatic rings. The van der Waals surface area contributed by atoms with Crippen molar-refractivity contribution in [2.75, 3.05) is 53.9 Å². The summed E-state index contributed by atoms with van der Waals surface area (Å²) in [6.07, 6.45) is 0. The van der Waals surface area contributed by atoms with Crippen molar-refractivity contribution in [1.82, 2.24) is 9.13 Å². The van der Waals surface area contributed by atoms with Crippen LogP contribution in [0.2, 0.25) is 0 Å². The molecule has 198 valence electrons. The second-order valence-electron chi connectivity index (χ2n) is 9.09. The van der Waals surface area contributed by atoms with Gasteiger partial charge in [-0.2, -0.15) is 0 Å². The highest BCUT2D eigenvalue weighted by Crippen LogP contribution is 2.26. The number of rotatable bonds is 12. The predicted molar refractivity (Wildman–Crippen MR) is 150 cm³/mol. The molecule has 0 unspecified atom stereocenters. The number of hydrogen-bond acceptors (Lipinski definition) is 6. The maximum absolute atomic E-state index is 13.7. The summed E-state index contributed by atoms with van der Waals surface area (Å²) in [6, 6.07) is 18.9. The Hall–Kier alpha value is -3.56. The molecule has 0 saturated carbocycles. The van der Waals surface area contributed by atoms with Crippen LogP contribution in [0.15, 0.2) is 70.3 Å². The first-order chi connectivity index (χ1) is 18.7. The molecule has 0 atom stereocenters. The van der Waals surface area contributed by atoms with Crippen LogP contribution in [0.1, 0.15) is 0 Å². The third kappa shape index (κ3) is 4.96. The number of para-hydroxylation sites is 2. The van der Waals surface area contributed by atoms with E-state index < -0.39 is 0 Å². The van der Waals surface area contributed by atoms with Crippen LogP contribution in [0.4, 0.5) is 0 Å². The lowest BCUT2D eigenvalue weighted by Crippen LogP contribution is -2.18. The summed E-state index contributed by atoms with van der Waals surface area (Å²) in [5, 5.41) is 2.40. The topological polar surface area (TPSA) is 80.9 Å². The van der Waals surface area contributed by atoms with E-state index in [4.69, 9.17) is 18.9 Å². The third-order valence-electron chi connectivity index (χ3n) is 6.85. The van der Waals surface area contributed by atoms with Crippen molar-refractivity contribution in [3.8, 4) is 0 Å². The lowest BCUT2D eigenvalue weighted by molar-refractivity contribution is 0.0673. The van der Waals surface area contributed by atoms with Gasteiger partial charge in [-0.05, 0) is 36.4 Å². The Morgan fingerprint density at radius 1 is 0.526 bits per heavy atom. The number of pyridine rings is 2. The summed E-state index contributed by atoms with van der Waals surface area (Å²) in [5.74, 6) is 0. The van der Waals surface area contributed by atoms with E-state index in [1.54, 1.807) is 14.2 Å². The number of benzene rings is 3. The van der Waals surface area contributed by atoms with Crippen molar-refractivity contribution in [2.24, 2.45) is 0 Å². The highest BCUT2D eigenvalue weighted by Gasteiger charge is 2.16. The van der Waals surface area contributed by atoms with Gasteiger partial charge < -0.3 is 28.1 Å². The molecular formula is C30H32N2O6. The van der Waals surface area contributed by atoms with Crippen LogP contribution in [-0.2, 0) is 32.0 Å². The summed E-state index contributed by atoms with van der Waals surface area (Å²) < 4.78 is 25.8. The number of aromatic nitrogens is 2. The smallest absolute Gasteiger partial charge is 0.197 e. The summed E-state index contributed by atoms with van der Waals surface area (Å²) in [4.78, 5) is 27.4. The number of methoxy groups -OCH3 is 2. The summed E-state index contributed by atoms with van der Waals surface area (Å²) in [5.41, 5.74) is 2.94. The minimum absolute atomic E-state index is 0.0578. The minimum atomic E-state index is -0.0578. The summed E-state index contributed by atoms with van der Waals surface area (Å²) in [7, 11) is 3.28. The molecule has 2 aromatic heterocycles. The number of ether oxygens (including phenoxy) is 4. The normalized spacial score (nSPS) is 11.8. The number of fused-ring (bicyclic) bond motifs is 4. The van der Waals surface area contributed by atoms with Crippen LogP contribution in [0, 0.1) is 0 Å². The SMILES string of the molecule is COCCOCCn1c2ccccc2c(=O)c2cc3c(cc21)c(=O)c1ccccc1n3CCOCCOC. The molecule has 0 aliphatic heterocycles. The Morgan fingerprint density at radius 3 is 1.37 bits per heavy atom. The van der Waals surface area contributed by atoms with Crippen molar-refractivity contribution >= 4 is 43.6 Å². The Bertz CT molecular complexity index is 1580. The Labute approximate surface area is 219 Å². The lowest BCUT2D eigenvalue weighted by atomic mass is 10.0. The molecule has 2 heterocycles. The molecule has 5 rings (SSSR count). The molecular weight excluding hydrogens is 484 g/mol. The molecule has 0 radical (unpaired) electrons. The van der Waals surface area contributed by atoms with E-state index in [9.17, 15) is 9.59 Å². The van der Waals surface area contributed by atoms with E-state index >= 15 is 0 Å². The maximum atomic E-state index is 13.7. The average Bonchev–Trinajstić information content (AvgIpc) is 2.95. The van der Waals surface area contributed by atoms with Crippen LogP contribution in [0.25, 0.3) is 43.6 Å². The fourth-order valence-corrected chi connectivity index (χ4v) is 5.02. The van der Waals surface area contributed by atoms with Crippen molar-refractivity contribution in [2.45, 2.75) is 13.1 Å². The molecule has 0 amide bonds. The van der Waals surface area contributed by atoms with Crippen LogP contribution < -0.4 is 10.9 Å². The van der Waals surface area contributed by atoms with E-state index in [1.807, 2.05) is 60.7 Å². The molecule has 0 fully saturated rings. The fraction of sp³-hybridized carbons (Fsp3) is 0.333. The van der Waals surface area contributed by atoms with E-state index in [1.165, 1.54) is 0 Å². The lowest BCUT2D eigenvalue weighted by Gasteiger charge is -2.19. The monoisotopic (exact) mass is 516 g/mol. The second kappa shape index (κ2) is 11.9. The van der Waals surface area contributed by atoms with Crippen molar-refractivity contribution in [3.63, 3.8) is 0 Å². The van der Waals surface area contributed by atoms with Gasteiger partial charge in [-0.15, -0.1) is 0 Å². The first kappa shape index (κ1) is 26.1. The van der Waals surface area contributed by atoms with Gasteiger partial charge in [0.15, 0.2) is 10.9 Å². The molecule has 8 nitrogen and oxygen atoms in total. The molecule has 0 saturated heterocycles. The molecule has 38 heavy (non-hydrogen) atoms. The largest absolute Gasteiger partial charge is 0.382 e. The zero-order chi connectivity index (χ0) is 26.5. The zero-order valence-electron chi connectivity index (χ0n) is 21.8.